The molecule has 0 aromatic heterocycles. The molecule has 0 aromatic rings. The van der Waals surface area contributed by atoms with Gasteiger partial charge in [0.2, 0.25) is 0 Å². The van der Waals surface area contributed by atoms with E-state index in [9.17, 15) is 43.8 Å². The van der Waals surface area contributed by atoms with E-state index in [-0.39, 0.29) is 13.1 Å². The fraction of sp³-hybridized carbons (Fsp3) is 0.800. The van der Waals surface area contributed by atoms with Gasteiger partial charge in [-0.05, 0) is 84.5 Å². The van der Waals surface area contributed by atoms with E-state index in [4.69, 9.17) is 69.5 Å². The SMILES string of the molecule is CC(NCCCCC(N)C(=O)O)C(=O)O.NC(CCCCNCC(=O)C(O)C(O)C(O)CO)C(=O)O.NC(CCCCNCC(=O)O)C(=O)O.NCCCCC(N)C(=O)O. The van der Waals surface area contributed by atoms with Gasteiger partial charge >= 0.3 is 35.8 Å². The zero-order valence-electron chi connectivity index (χ0n) is 34.3. The fourth-order valence-electron chi connectivity index (χ4n) is 4.15. The van der Waals surface area contributed by atoms with E-state index >= 15 is 0 Å². The molecular weight excluding hydrogens is 804 g/mol. The molecule has 0 aliphatic rings. The summed E-state index contributed by atoms with van der Waals surface area (Å²) >= 11 is 0. The van der Waals surface area contributed by atoms with Crippen LogP contribution >= 0.6 is 0 Å². The maximum Gasteiger partial charge on any atom is 0.320 e. The normalized spacial score (nSPS) is 14.6. The summed E-state index contributed by atoms with van der Waals surface area (Å²) in [7, 11) is 0. The molecule has 8 unspecified atom stereocenters. The Morgan fingerprint density at radius 2 is 0.867 bits per heavy atom. The first-order valence-electron chi connectivity index (χ1n) is 19.4. The van der Waals surface area contributed by atoms with Crippen molar-refractivity contribution < 1.29 is 84.6 Å². The second-order valence-corrected chi connectivity index (χ2v) is 13.5. The van der Waals surface area contributed by atoms with Crippen LogP contribution < -0.4 is 44.6 Å². The standard InChI is InChI=1S/C12H24N2O7.C9H18N2O4.C8H16N2O4.C6H14N2O2/c13-7(12(20)21)3-1-2-4-14-5-8(16)10(18)11(19)9(17)6-15;1-6(8(12)13)11-5-3-2-4-7(10)9(14)15;9-6(8(13)14)3-1-2-4-10-5-7(11)12;7-4-2-1-3-5(8)6(9)10/h7,9-11,14-15,17-19H,1-6,13H2,(H,20,21);6-7,11H,2-5,10H2,1H3,(H,12,13)(H,14,15);6,10H,1-5,9H2,(H,11,12)(H,13,14);5H,1-4,7-8H2,(H,9,10). The molecule has 0 fully saturated rings. The molecule has 354 valence electrons. The second-order valence-electron chi connectivity index (χ2n) is 13.5. The van der Waals surface area contributed by atoms with Gasteiger partial charge in [-0.2, -0.15) is 0 Å². The number of aliphatic hydroxyl groups is 4. The van der Waals surface area contributed by atoms with Gasteiger partial charge < -0.3 is 95.7 Å². The molecule has 0 saturated heterocycles. The first-order valence-corrected chi connectivity index (χ1v) is 19.4. The smallest absolute Gasteiger partial charge is 0.320 e. The molecule has 0 bridgehead atoms. The predicted octanol–water partition coefficient (Wildman–Crippen LogP) is -4.80. The lowest BCUT2D eigenvalue weighted by molar-refractivity contribution is -0.139. The number of unbranched alkanes of at least 4 members (excludes halogenated alkanes) is 4. The van der Waals surface area contributed by atoms with Crippen molar-refractivity contribution in [2.75, 3.05) is 45.9 Å². The van der Waals surface area contributed by atoms with Gasteiger partial charge in [0.05, 0.1) is 19.7 Å². The van der Waals surface area contributed by atoms with Crippen molar-refractivity contribution in [2.45, 2.75) is 132 Å². The van der Waals surface area contributed by atoms with Crippen molar-refractivity contribution in [2.24, 2.45) is 28.7 Å². The van der Waals surface area contributed by atoms with Gasteiger partial charge in [-0.3, -0.25) is 33.6 Å². The molecule has 0 radical (unpaired) electrons. The molecule has 60 heavy (non-hydrogen) atoms. The topological polar surface area (TPSA) is 488 Å². The minimum atomic E-state index is -1.78. The average Bonchev–Trinajstić information content (AvgIpc) is 3.19. The Kier molecular flexibility index (Phi) is 42.2. The van der Waals surface area contributed by atoms with Crippen molar-refractivity contribution >= 4 is 41.6 Å². The van der Waals surface area contributed by atoms with E-state index in [0.29, 0.717) is 77.5 Å². The van der Waals surface area contributed by atoms with E-state index in [1.807, 2.05) is 0 Å². The number of carbonyl (C=O) groups is 7. The van der Waals surface area contributed by atoms with Gasteiger partial charge in [-0.1, -0.05) is 25.7 Å². The summed E-state index contributed by atoms with van der Waals surface area (Å²) in [6.45, 7) is 2.68. The van der Waals surface area contributed by atoms with Crippen LogP contribution in [0.5, 0.6) is 0 Å². The Labute approximate surface area is 349 Å². The Morgan fingerprint density at radius 3 is 1.18 bits per heavy atom. The lowest BCUT2D eigenvalue weighted by Crippen LogP contribution is -2.46. The monoisotopic (exact) mass is 877 g/mol. The Bertz CT molecular complexity index is 1170. The number of nitrogens with two attached hydrogens (primary N) is 5. The molecular formula is C35H72N8O17. The number of rotatable bonds is 33. The third kappa shape index (κ3) is 40.8. The van der Waals surface area contributed by atoms with Crippen LogP contribution in [0.1, 0.15) is 84.0 Å². The number of Topliss-reactive ketones (excluding diaryl/α,β-unsaturated/α-hetero) is 1. The van der Waals surface area contributed by atoms with Gasteiger partial charge in [0.15, 0.2) is 5.78 Å². The fourth-order valence-corrected chi connectivity index (χ4v) is 4.15. The summed E-state index contributed by atoms with van der Waals surface area (Å²) in [5.74, 6) is -6.48. The molecule has 0 rings (SSSR count). The minimum absolute atomic E-state index is 0.0645. The molecule has 25 heteroatoms. The van der Waals surface area contributed by atoms with Crippen molar-refractivity contribution in [3.05, 3.63) is 0 Å². The van der Waals surface area contributed by atoms with Gasteiger partial charge in [-0.15, -0.1) is 0 Å². The lowest BCUT2D eigenvalue weighted by Gasteiger charge is -2.20. The third-order valence-electron chi connectivity index (χ3n) is 8.05. The van der Waals surface area contributed by atoms with Gasteiger partial charge in [0.25, 0.3) is 0 Å². The predicted molar refractivity (Wildman–Crippen MR) is 215 cm³/mol. The average molecular weight is 877 g/mol. The molecule has 0 aliphatic carbocycles. The number of hydrogen-bond donors (Lipinski definition) is 18. The molecule has 0 amide bonds. The van der Waals surface area contributed by atoms with Crippen LogP contribution in [0.3, 0.4) is 0 Å². The first kappa shape index (κ1) is 62.7. The van der Waals surface area contributed by atoms with Crippen molar-refractivity contribution in [1.29, 1.82) is 0 Å². The summed E-state index contributed by atoms with van der Waals surface area (Å²) in [6.07, 6.45) is 2.21. The number of ketones is 1. The Morgan fingerprint density at radius 1 is 0.517 bits per heavy atom. The van der Waals surface area contributed by atoms with Gasteiger partial charge in [0, 0.05) is 0 Å². The van der Waals surface area contributed by atoms with Crippen LogP contribution in [0, 0.1) is 0 Å². The van der Waals surface area contributed by atoms with Crippen LogP contribution in [0.4, 0.5) is 0 Å². The van der Waals surface area contributed by atoms with Gasteiger partial charge in [0.1, 0.15) is 48.5 Å². The second kappa shape index (κ2) is 40.4. The summed E-state index contributed by atoms with van der Waals surface area (Å²) in [5, 5.41) is 95.3. The van der Waals surface area contributed by atoms with E-state index in [2.05, 4.69) is 16.0 Å². The maximum absolute atomic E-state index is 11.5. The number of aliphatic carboxylic acids is 6. The van der Waals surface area contributed by atoms with Crippen LogP contribution in [0.25, 0.3) is 0 Å². The lowest BCUT2D eigenvalue weighted by atomic mass is 10.0. The van der Waals surface area contributed by atoms with E-state index in [0.717, 1.165) is 25.7 Å². The highest BCUT2D eigenvalue weighted by Crippen LogP contribution is 2.03. The highest BCUT2D eigenvalue weighted by atomic mass is 16.4. The van der Waals surface area contributed by atoms with Crippen LogP contribution in [0.2, 0.25) is 0 Å². The minimum Gasteiger partial charge on any atom is -0.480 e. The van der Waals surface area contributed by atoms with Crippen LogP contribution in [-0.2, 0) is 33.6 Å². The highest BCUT2D eigenvalue weighted by molar-refractivity contribution is 5.85. The number of carboxylic acid groups (broad SMARTS) is 6. The van der Waals surface area contributed by atoms with E-state index in [1.165, 1.54) is 0 Å². The van der Waals surface area contributed by atoms with Crippen molar-refractivity contribution in [3.63, 3.8) is 0 Å². The summed E-state index contributed by atoms with van der Waals surface area (Å²) in [4.78, 5) is 73.2. The molecule has 8 atom stereocenters. The molecule has 0 saturated carbocycles. The number of hydrogen-bond acceptors (Lipinski definition) is 19. The van der Waals surface area contributed by atoms with Crippen molar-refractivity contribution in [1.82, 2.24) is 16.0 Å². The highest BCUT2D eigenvalue weighted by Gasteiger charge is 2.29. The number of carbonyl (C=O) groups excluding carboxylic acids is 1. The van der Waals surface area contributed by atoms with Crippen molar-refractivity contribution in [3.8, 4) is 0 Å². The summed E-state index contributed by atoms with van der Waals surface area (Å²) in [5.41, 5.74) is 26.3. The van der Waals surface area contributed by atoms with Crippen LogP contribution in [0.15, 0.2) is 0 Å². The number of carboxylic acids is 6. The van der Waals surface area contributed by atoms with E-state index < -0.39 is 96.7 Å². The first-order chi connectivity index (χ1) is 28.0. The molecule has 0 aliphatic heterocycles. The summed E-state index contributed by atoms with van der Waals surface area (Å²) < 4.78 is 0. The third-order valence-corrected chi connectivity index (χ3v) is 8.05. The largest absolute Gasteiger partial charge is 0.480 e. The van der Waals surface area contributed by atoms with Gasteiger partial charge in [-0.25, -0.2) is 0 Å². The Hall–Kier alpha value is -3.99. The number of nitrogens with one attached hydrogen (secondary N) is 3. The molecule has 0 spiro atoms. The zero-order valence-corrected chi connectivity index (χ0v) is 34.3. The molecule has 23 N–H and O–H groups in total. The van der Waals surface area contributed by atoms with Crippen LogP contribution in [-0.4, -0.2) is 187 Å². The Balaban J connectivity index is -0.000000360. The number of aliphatic hydroxyl groups excluding tert-OH is 4. The molecule has 0 aromatic carbocycles. The molecule has 25 nitrogen and oxygen atoms in total. The summed E-state index contributed by atoms with van der Waals surface area (Å²) in [6, 6.07) is -3.82. The molecule has 0 heterocycles. The maximum atomic E-state index is 11.5. The van der Waals surface area contributed by atoms with E-state index in [1.54, 1.807) is 6.92 Å². The quantitative estimate of drug-likeness (QED) is 0.0275. The zero-order chi connectivity index (χ0) is 47.2.